The van der Waals surface area contributed by atoms with E-state index in [9.17, 15) is 9.18 Å². The average molecular weight is 460 g/mol. The van der Waals surface area contributed by atoms with Gasteiger partial charge in [0.2, 0.25) is 17.7 Å². The number of carbonyl (C=O) groups excluding carboxylic acids is 1. The number of aryl methyl sites for hydroxylation is 2. The lowest BCUT2D eigenvalue weighted by molar-refractivity contribution is -0.133. The van der Waals surface area contributed by atoms with Gasteiger partial charge in [0.05, 0.1) is 11.4 Å². The van der Waals surface area contributed by atoms with E-state index in [4.69, 9.17) is 9.52 Å². The summed E-state index contributed by atoms with van der Waals surface area (Å²) in [4.78, 5) is 15.1. The first-order valence-electron chi connectivity index (χ1n) is 11.5. The number of rotatable bonds is 5. The van der Waals surface area contributed by atoms with Crippen molar-refractivity contribution in [3.05, 3.63) is 77.8 Å². The van der Waals surface area contributed by atoms with Crippen LogP contribution in [0, 0.1) is 19.7 Å². The van der Waals surface area contributed by atoms with Gasteiger partial charge in [0.1, 0.15) is 12.4 Å². The average Bonchev–Trinajstić information content (AvgIpc) is 3.48. The Morgan fingerprint density at radius 3 is 2.47 bits per heavy atom. The Morgan fingerprint density at radius 1 is 1.03 bits per heavy atom. The van der Waals surface area contributed by atoms with E-state index in [0.29, 0.717) is 36.1 Å². The number of aromatic nitrogens is 4. The second-order valence-electron chi connectivity index (χ2n) is 8.72. The second kappa shape index (κ2) is 9.21. The van der Waals surface area contributed by atoms with Gasteiger partial charge in [-0.3, -0.25) is 9.48 Å². The fourth-order valence-electron chi connectivity index (χ4n) is 4.40. The molecule has 4 aromatic rings. The maximum atomic E-state index is 13.8. The van der Waals surface area contributed by atoms with Crippen molar-refractivity contribution in [1.82, 2.24) is 24.9 Å². The van der Waals surface area contributed by atoms with Crippen LogP contribution in [0.3, 0.4) is 0 Å². The summed E-state index contributed by atoms with van der Waals surface area (Å²) in [5.74, 6) is 1.17. The number of carbonyl (C=O) groups is 1. The van der Waals surface area contributed by atoms with Gasteiger partial charge in [0.15, 0.2) is 0 Å². The zero-order valence-electron chi connectivity index (χ0n) is 19.2. The minimum atomic E-state index is -0.249. The van der Waals surface area contributed by atoms with Crippen molar-refractivity contribution in [3.63, 3.8) is 0 Å². The van der Waals surface area contributed by atoms with Crippen molar-refractivity contribution in [2.75, 3.05) is 13.1 Å². The molecule has 0 saturated carbocycles. The summed E-state index contributed by atoms with van der Waals surface area (Å²) < 4.78 is 21.1. The molecule has 3 heterocycles. The number of halogens is 1. The molecular weight excluding hydrogens is 433 g/mol. The van der Waals surface area contributed by atoms with Gasteiger partial charge in [-0.15, -0.1) is 10.2 Å². The summed E-state index contributed by atoms with van der Waals surface area (Å²) in [6.07, 6.45) is 1.58. The molecule has 0 aliphatic carbocycles. The highest BCUT2D eigenvalue weighted by Crippen LogP contribution is 2.29. The van der Waals surface area contributed by atoms with Crippen LogP contribution < -0.4 is 0 Å². The molecule has 1 aliphatic rings. The molecule has 2 aromatic carbocycles. The van der Waals surface area contributed by atoms with Gasteiger partial charge in [-0.2, -0.15) is 5.10 Å². The molecule has 2 aromatic heterocycles. The van der Waals surface area contributed by atoms with Gasteiger partial charge < -0.3 is 9.32 Å². The summed E-state index contributed by atoms with van der Waals surface area (Å²) in [6.45, 7) is 4.92. The van der Waals surface area contributed by atoms with Gasteiger partial charge in [-0.1, -0.05) is 30.3 Å². The first-order valence-corrected chi connectivity index (χ1v) is 11.5. The lowest BCUT2D eigenvalue weighted by Crippen LogP contribution is -2.40. The van der Waals surface area contributed by atoms with Gasteiger partial charge >= 0.3 is 0 Å². The fraction of sp³-hybridized carbons (Fsp3) is 0.308. The second-order valence-corrected chi connectivity index (χ2v) is 8.72. The van der Waals surface area contributed by atoms with Crippen LogP contribution in [-0.2, 0) is 11.3 Å². The lowest BCUT2D eigenvalue weighted by Gasteiger charge is -2.30. The van der Waals surface area contributed by atoms with Crippen LogP contribution in [0.15, 0.2) is 59.0 Å². The Labute approximate surface area is 197 Å². The van der Waals surface area contributed by atoms with Crippen LogP contribution in [0.25, 0.3) is 22.5 Å². The van der Waals surface area contributed by atoms with E-state index in [2.05, 4.69) is 10.2 Å². The molecule has 1 fully saturated rings. The van der Waals surface area contributed by atoms with E-state index in [1.807, 2.05) is 41.3 Å². The van der Waals surface area contributed by atoms with E-state index in [0.717, 1.165) is 29.7 Å². The predicted octanol–water partition coefficient (Wildman–Crippen LogP) is 4.76. The molecule has 1 saturated heterocycles. The molecule has 0 radical (unpaired) electrons. The molecule has 7 nitrogen and oxygen atoms in total. The van der Waals surface area contributed by atoms with Crippen molar-refractivity contribution < 1.29 is 13.6 Å². The number of amides is 1. The van der Waals surface area contributed by atoms with E-state index in [1.165, 1.54) is 6.07 Å². The van der Waals surface area contributed by atoms with Crippen molar-refractivity contribution in [2.24, 2.45) is 0 Å². The lowest BCUT2D eigenvalue weighted by atomic mass is 9.97. The van der Waals surface area contributed by atoms with Crippen molar-refractivity contribution >= 4 is 5.91 Å². The first-order chi connectivity index (χ1) is 16.5. The fourth-order valence-corrected chi connectivity index (χ4v) is 4.40. The molecule has 0 atom stereocenters. The van der Waals surface area contributed by atoms with Crippen molar-refractivity contribution in [1.29, 1.82) is 0 Å². The minimum absolute atomic E-state index is 0.0160. The Bertz CT molecular complexity index is 1310. The standard InChI is InChI=1S/C26H26FN5O2/c1-17-14-21(8-9-22(17)27)23-15-24(19-6-4-3-5-7-19)32(30-23)16-25(33)31-12-10-20(11-13-31)26-29-28-18(2)34-26/h3-9,14-15,20H,10-13,16H2,1-2H3. The smallest absolute Gasteiger partial charge is 0.244 e. The van der Waals surface area contributed by atoms with E-state index < -0.39 is 0 Å². The summed E-state index contributed by atoms with van der Waals surface area (Å²) >= 11 is 0. The van der Waals surface area contributed by atoms with Crippen LogP contribution in [0.4, 0.5) is 4.39 Å². The van der Waals surface area contributed by atoms with Crippen LogP contribution in [0.2, 0.25) is 0 Å². The highest BCUT2D eigenvalue weighted by Gasteiger charge is 2.27. The SMILES string of the molecule is Cc1nnc(C2CCN(C(=O)Cn3nc(-c4ccc(F)c(C)c4)cc3-c3ccccc3)CC2)o1. The van der Waals surface area contributed by atoms with Crippen LogP contribution in [-0.4, -0.2) is 43.9 Å². The van der Waals surface area contributed by atoms with Crippen LogP contribution in [0.5, 0.6) is 0 Å². The maximum absolute atomic E-state index is 13.8. The molecule has 34 heavy (non-hydrogen) atoms. The zero-order chi connectivity index (χ0) is 23.7. The van der Waals surface area contributed by atoms with E-state index in [1.54, 1.807) is 30.7 Å². The molecule has 174 valence electrons. The topological polar surface area (TPSA) is 77.1 Å². The van der Waals surface area contributed by atoms with Crippen LogP contribution in [0.1, 0.15) is 36.1 Å². The Hall–Kier alpha value is -3.81. The van der Waals surface area contributed by atoms with Gasteiger partial charge in [0, 0.05) is 31.5 Å². The van der Waals surface area contributed by atoms with E-state index >= 15 is 0 Å². The van der Waals surface area contributed by atoms with Gasteiger partial charge in [-0.05, 0) is 55.2 Å². The third-order valence-electron chi connectivity index (χ3n) is 6.33. The molecule has 0 spiro atoms. The van der Waals surface area contributed by atoms with Crippen LogP contribution >= 0.6 is 0 Å². The molecular formula is C26H26FN5O2. The molecule has 0 bridgehead atoms. The summed E-state index contributed by atoms with van der Waals surface area (Å²) in [5.41, 5.74) is 3.90. The number of piperidine rings is 1. The Kier molecular flexibility index (Phi) is 5.96. The number of nitrogens with zero attached hydrogens (tertiary/aromatic N) is 5. The highest BCUT2D eigenvalue weighted by atomic mass is 19.1. The predicted molar refractivity (Wildman–Crippen MR) is 125 cm³/mol. The molecule has 1 aliphatic heterocycles. The third kappa shape index (κ3) is 4.48. The molecule has 0 unspecified atom stereocenters. The number of hydrogen-bond acceptors (Lipinski definition) is 5. The summed E-state index contributed by atoms with van der Waals surface area (Å²) in [7, 11) is 0. The molecule has 5 rings (SSSR count). The van der Waals surface area contributed by atoms with E-state index in [-0.39, 0.29) is 24.2 Å². The Morgan fingerprint density at radius 2 is 1.79 bits per heavy atom. The number of likely N-dealkylation sites (tertiary alicyclic amines) is 1. The quantitative estimate of drug-likeness (QED) is 0.430. The number of hydrogen-bond donors (Lipinski definition) is 0. The van der Waals surface area contributed by atoms with Crippen molar-refractivity contribution in [3.8, 4) is 22.5 Å². The third-order valence-corrected chi connectivity index (χ3v) is 6.33. The maximum Gasteiger partial charge on any atom is 0.244 e. The Balaban J connectivity index is 1.36. The minimum Gasteiger partial charge on any atom is -0.425 e. The van der Waals surface area contributed by atoms with Gasteiger partial charge in [0.25, 0.3) is 0 Å². The first kappa shape index (κ1) is 22.0. The summed E-state index contributed by atoms with van der Waals surface area (Å²) in [5, 5.41) is 12.8. The number of benzene rings is 2. The summed E-state index contributed by atoms with van der Waals surface area (Å²) in [6, 6.07) is 16.8. The van der Waals surface area contributed by atoms with Gasteiger partial charge in [-0.25, -0.2) is 4.39 Å². The monoisotopic (exact) mass is 459 g/mol. The highest BCUT2D eigenvalue weighted by molar-refractivity contribution is 5.78. The normalized spacial score (nSPS) is 14.5. The zero-order valence-corrected chi connectivity index (χ0v) is 19.2. The van der Waals surface area contributed by atoms with Crippen molar-refractivity contribution in [2.45, 2.75) is 39.2 Å². The molecule has 1 amide bonds. The molecule has 0 N–H and O–H groups in total. The largest absolute Gasteiger partial charge is 0.425 e. The molecule has 8 heteroatoms.